The number of aromatic nitrogens is 5. The fourth-order valence-corrected chi connectivity index (χ4v) is 4.32. The molecule has 2 N–H and O–H groups in total. The van der Waals surface area contributed by atoms with Gasteiger partial charge in [0.2, 0.25) is 0 Å². The Balaban J connectivity index is 1.65. The minimum atomic E-state index is -0.682. The number of rotatable bonds is 8. The number of benzene rings is 2. The summed E-state index contributed by atoms with van der Waals surface area (Å²) < 4.78 is 12.3. The quantitative estimate of drug-likeness (QED) is 0.173. The molecule has 0 bridgehead atoms. The Labute approximate surface area is 194 Å². The van der Waals surface area contributed by atoms with Gasteiger partial charge in [0.25, 0.3) is 0 Å². The molecule has 0 saturated heterocycles. The lowest BCUT2D eigenvalue weighted by Gasteiger charge is -2.11. The topological polar surface area (TPSA) is 115 Å². The number of thioether (sulfide) groups is 1. The van der Waals surface area contributed by atoms with Crippen molar-refractivity contribution in [3.8, 4) is 17.1 Å². The van der Waals surface area contributed by atoms with Gasteiger partial charge in [0.15, 0.2) is 11.0 Å². The fourth-order valence-electron chi connectivity index (χ4n) is 3.44. The predicted octanol–water partition coefficient (Wildman–Crippen LogP) is 4.08. The summed E-state index contributed by atoms with van der Waals surface area (Å²) in [4.78, 5) is 20.0. The molecule has 0 amide bonds. The highest BCUT2D eigenvalue weighted by Crippen LogP contribution is 2.32. The van der Waals surface area contributed by atoms with E-state index in [0.717, 1.165) is 11.1 Å². The first-order valence-electron chi connectivity index (χ1n) is 10.2. The smallest absolute Gasteiger partial charge is 0.345 e. The molecule has 4 rings (SSSR count). The summed E-state index contributed by atoms with van der Waals surface area (Å²) in [5.74, 6) is 0.816. The van der Waals surface area contributed by atoms with E-state index in [-0.39, 0.29) is 22.9 Å². The summed E-state index contributed by atoms with van der Waals surface area (Å²) in [6.07, 6.45) is 0. The van der Waals surface area contributed by atoms with Crippen LogP contribution in [0, 0.1) is 0 Å². The number of imidazole rings is 1. The molecule has 0 aliphatic carbocycles. The van der Waals surface area contributed by atoms with E-state index in [0.29, 0.717) is 28.8 Å². The van der Waals surface area contributed by atoms with Gasteiger partial charge in [-0.05, 0) is 31.2 Å². The summed E-state index contributed by atoms with van der Waals surface area (Å²) in [5, 5.41) is 20.1. The van der Waals surface area contributed by atoms with E-state index in [1.807, 2.05) is 60.0 Å². The van der Waals surface area contributed by atoms with Crippen molar-refractivity contribution in [2.75, 3.05) is 20.0 Å². The van der Waals surface area contributed by atoms with E-state index in [1.54, 1.807) is 7.11 Å². The molecule has 4 aromatic rings. The lowest BCUT2D eigenvalue weighted by atomic mass is 10.2. The van der Waals surface area contributed by atoms with Crippen LogP contribution in [0.3, 0.4) is 0 Å². The standard InChI is InChI=1S/C23H23N5O4S/c1-4-28-21(14-9-5-8-12-18(14)31-2)26-27-23(28)33-13-17(29)19(22(30)32-3)20-24-15-10-6-7-11-16(15)25-20/h5-12,29H,4,13H2,1-3H3,(H,24,25). The number of carbonyl (C=O) groups is 1. The third-order valence-electron chi connectivity index (χ3n) is 5.02. The molecule has 170 valence electrons. The summed E-state index contributed by atoms with van der Waals surface area (Å²) in [7, 11) is 2.87. The number of nitrogens with one attached hydrogen (secondary N) is 1. The minimum absolute atomic E-state index is 0.0197. The van der Waals surface area contributed by atoms with Gasteiger partial charge in [-0.3, -0.25) is 0 Å². The summed E-state index contributed by atoms with van der Waals surface area (Å²) in [6.45, 7) is 2.59. The monoisotopic (exact) mass is 465 g/mol. The van der Waals surface area contributed by atoms with Crippen molar-refractivity contribution < 1.29 is 19.4 Å². The Morgan fingerprint density at radius 1 is 1.12 bits per heavy atom. The number of esters is 1. The van der Waals surface area contributed by atoms with Crippen molar-refractivity contribution in [1.29, 1.82) is 0 Å². The van der Waals surface area contributed by atoms with Crippen molar-refractivity contribution in [2.45, 2.75) is 18.6 Å². The van der Waals surface area contributed by atoms with Crippen LogP contribution in [-0.4, -0.2) is 55.8 Å². The lowest BCUT2D eigenvalue weighted by Crippen LogP contribution is -2.10. The van der Waals surface area contributed by atoms with Gasteiger partial charge >= 0.3 is 5.97 Å². The number of para-hydroxylation sites is 3. The van der Waals surface area contributed by atoms with Crippen LogP contribution in [0.1, 0.15) is 12.7 Å². The van der Waals surface area contributed by atoms with Crippen LogP contribution < -0.4 is 4.74 Å². The van der Waals surface area contributed by atoms with E-state index in [1.165, 1.54) is 18.9 Å². The number of hydrogen-bond donors (Lipinski definition) is 2. The number of hydrogen-bond acceptors (Lipinski definition) is 8. The Kier molecular flexibility index (Phi) is 6.64. The van der Waals surface area contributed by atoms with Gasteiger partial charge in [-0.1, -0.05) is 36.0 Å². The molecule has 2 aromatic heterocycles. The Hall–Kier alpha value is -3.79. The van der Waals surface area contributed by atoms with E-state index in [2.05, 4.69) is 20.2 Å². The number of aromatic amines is 1. The third-order valence-corrected chi connectivity index (χ3v) is 6.00. The number of fused-ring (bicyclic) bond motifs is 1. The SMILES string of the molecule is CCn1c(SCC(O)=C(C(=O)OC)c2nc3ccccc3[nH]2)nnc1-c1ccccc1OC. The zero-order chi connectivity index (χ0) is 23.4. The molecule has 9 nitrogen and oxygen atoms in total. The molecular weight excluding hydrogens is 442 g/mol. The molecule has 0 aliphatic heterocycles. The molecular formula is C23H23N5O4S. The highest BCUT2D eigenvalue weighted by molar-refractivity contribution is 7.99. The maximum atomic E-state index is 12.5. The van der Waals surface area contributed by atoms with Crippen molar-refractivity contribution >= 4 is 34.3 Å². The second kappa shape index (κ2) is 9.78. The van der Waals surface area contributed by atoms with Gasteiger partial charge in [0.05, 0.1) is 36.6 Å². The van der Waals surface area contributed by atoms with Gasteiger partial charge in [0, 0.05) is 6.54 Å². The average molecular weight is 466 g/mol. The second-order valence-electron chi connectivity index (χ2n) is 6.96. The summed E-state index contributed by atoms with van der Waals surface area (Å²) in [5.41, 5.74) is 2.23. The van der Waals surface area contributed by atoms with Crippen LogP contribution in [0.5, 0.6) is 5.75 Å². The average Bonchev–Trinajstić information content (AvgIpc) is 3.46. The summed E-state index contributed by atoms with van der Waals surface area (Å²) in [6, 6.07) is 14.9. The Morgan fingerprint density at radius 2 is 1.88 bits per heavy atom. The Bertz CT molecular complexity index is 1290. The molecule has 0 radical (unpaired) electrons. The number of ether oxygens (including phenoxy) is 2. The lowest BCUT2D eigenvalue weighted by molar-refractivity contribution is -0.133. The Morgan fingerprint density at radius 3 is 2.61 bits per heavy atom. The first-order chi connectivity index (χ1) is 16.1. The van der Waals surface area contributed by atoms with Crippen LogP contribution in [0.4, 0.5) is 0 Å². The highest BCUT2D eigenvalue weighted by atomic mass is 32.2. The van der Waals surface area contributed by atoms with Gasteiger partial charge < -0.3 is 24.1 Å². The van der Waals surface area contributed by atoms with Crippen LogP contribution >= 0.6 is 11.8 Å². The van der Waals surface area contributed by atoms with Crippen molar-refractivity contribution in [2.24, 2.45) is 0 Å². The van der Waals surface area contributed by atoms with Gasteiger partial charge in [-0.15, -0.1) is 10.2 Å². The largest absolute Gasteiger partial charge is 0.510 e. The second-order valence-corrected chi connectivity index (χ2v) is 7.90. The predicted molar refractivity (Wildman–Crippen MR) is 126 cm³/mol. The zero-order valence-corrected chi connectivity index (χ0v) is 19.2. The number of H-pyrrole nitrogens is 1. The number of nitrogens with zero attached hydrogens (tertiary/aromatic N) is 4. The minimum Gasteiger partial charge on any atom is -0.510 e. The van der Waals surface area contributed by atoms with Crippen LogP contribution in [0.2, 0.25) is 0 Å². The number of methoxy groups -OCH3 is 2. The first-order valence-corrected chi connectivity index (χ1v) is 11.2. The number of carbonyl (C=O) groups excluding carboxylic acids is 1. The normalized spacial score (nSPS) is 12.0. The molecule has 0 saturated carbocycles. The summed E-state index contributed by atoms with van der Waals surface area (Å²) >= 11 is 1.26. The van der Waals surface area contributed by atoms with Gasteiger partial charge in [-0.2, -0.15) is 0 Å². The number of aliphatic hydroxyl groups is 1. The van der Waals surface area contributed by atoms with Crippen LogP contribution in [0.15, 0.2) is 59.4 Å². The molecule has 33 heavy (non-hydrogen) atoms. The molecule has 0 spiro atoms. The van der Waals surface area contributed by atoms with Crippen LogP contribution in [-0.2, 0) is 16.1 Å². The van der Waals surface area contributed by atoms with E-state index < -0.39 is 5.97 Å². The van der Waals surface area contributed by atoms with Crippen molar-refractivity contribution in [1.82, 2.24) is 24.7 Å². The zero-order valence-electron chi connectivity index (χ0n) is 18.4. The van der Waals surface area contributed by atoms with Crippen LogP contribution in [0.25, 0.3) is 28.0 Å². The number of aliphatic hydroxyl groups excluding tert-OH is 1. The van der Waals surface area contributed by atoms with Crippen molar-refractivity contribution in [3.05, 3.63) is 60.1 Å². The molecule has 0 atom stereocenters. The molecule has 0 aliphatic rings. The van der Waals surface area contributed by atoms with E-state index in [9.17, 15) is 9.90 Å². The maximum Gasteiger partial charge on any atom is 0.345 e. The molecule has 2 heterocycles. The molecule has 10 heteroatoms. The van der Waals surface area contributed by atoms with E-state index in [4.69, 9.17) is 9.47 Å². The van der Waals surface area contributed by atoms with Gasteiger partial charge in [0.1, 0.15) is 22.9 Å². The third kappa shape index (κ3) is 4.42. The fraction of sp³-hybridized carbons (Fsp3) is 0.217. The van der Waals surface area contributed by atoms with Gasteiger partial charge in [-0.25, -0.2) is 9.78 Å². The first kappa shape index (κ1) is 22.4. The molecule has 2 aromatic carbocycles. The van der Waals surface area contributed by atoms with E-state index >= 15 is 0 Å². The molecule has 0 unspecified atom stereocenters. The van der Waals surface area contributed by atoms with Crippen molar-refractivity contribution in [3.63, 3.8) is 0 Å². The molecule has 0 fully saturated rings. The maximum absolute atomic E-state index is 12.5. The highest BCUT2D eigenvalue weighted by Gasteiger charge is 2.23.